The van der Waals surface area contributed by atoms with Crippen LogP contribution in [0.3, 0.4) is 0 Å². The van der Waals surface area contributed by atoms with Crippen molar-refractivity contribution in [3.05, 3.63) is 14.7 Å². The Morgan fingerprint density at radius 3 is 2.60 bits per heavy atom. The molecule has 1 heterocycles. The third-order valence-corrected chi connectivity index (χ3v) is 7.60. The van der Waals surface area contributed by atoms with Gasteiger partial charge < -0.3 is 5.11 Å². The normalized spacial score (nSPS) is 17.7. The van der Waals surface area contributed by atoms with Crippen molar-refractivity contribution < 1.29 is 18.3 Å². The molecule has 0 unspecified atom stereocenters. The Kier molecular flexibility index (Phi) is 4.58. The molecule has 1 aromatic rings. The van der Waals surface area contributed by atoms with E-state index in [-0.39, 0.29) is 15.2 Å². The summed E-state index contributed by atoms with van der Waals surface area (Å²) in [5, 5.41) is 8.91. The molecule has 1 aliphatic rings. The molecule has 20 heavy (non-hydrogen) atoms. The summed E-state index contributed by atoms with van der Waals surface area (Å²) < 4.78 is 27.5. The summed E-state index contributed by atoms with van der Waals surface area (Å²) in [4.78, 5) is 10.9. The maximum atomic E-state index is 12.3. The zero-order valence-electron chi connectivity index (χ0n) is 11.0. The quantitative estimate of drug-likeness (QED) is 0.792. The average Bonchev–Trinajstić information content (AvgIpc) is 2.71. The molecule has 0 amide bonds. The lowest BCUT2D eigenvalue weighted by molar-refractivity contribution is 0.0702. The first-order valence-electron chi connectivity index (χ1n) is 6.32. The van der Waals surface area contributed by atoms with Crippen LogP contribution < -0.4 is 4.72 Å². The predicted octanol–water partition coefficient (Wildman–Crippen LogP) is 3.07. The Balaban J connectivity index is 2.16. The van der Waals surface area contributed by atoms with Crippen molar-refractivity contribution in [2.24, 2.45) is 5.41 Å². The van der Waals surface area contributed by atoms with Crippen molar-refractivity contribution in [3.8, 4) is 0 Å². The van der Waals surface area contributed by atoms with Crippen molar-refractivity contribution in [1.29, 1.82) is 0 Å². The molecule has 0 atom stereocenters. The molecule has 8 heteroatoms. The molecule has 1 saturated carbocycles. The molecule has 1 fully saturated rings. The summed E-state index contributed by atoms with van der Waals surface area (Å²) in [6, 6.07) is 1.19. The molecule has 0 spiro atoms. The van der Waals surface area contributed by atoms with Crippen LogP contribution in [-0.4, -0.2) is 26.0 Å². The van der Waals surface area contributed by atoms with Crippen LogP contribution in [-0.2, 0) is 10.0 Å². The zero-order valence-corrected chi connectivity index (χ0v) is 14.2. The van der Waals surface area contributed by atoms with E-state index in [0.717, 1.165) is 37.0 Å². The maximum absolute atomic E-state index is 12.3. The highest BCUT2D eigenvalue weighted by Crippen LogP contribution is 2.43. The first kappa shape index (κ1) is 15.9. The topological polar surface area (TPSA) is 83.5 Å². The second-order valence-corrected chi connectivity index (χ2v) is 9.19. The number of carboxylic acid groups (broad SMARTS) is 1. The van der Waals surface area contributed by atoms with Gasteiger partial charge in [0.1, 0.15) is 9.77 Å². The van der Waals surface area contributed by atoms with Crippen molar-refractivity contribution in [2.75, 3.05) is 6.54 Å². The largest absolute Gasteiger partial charge is 0.477 e. The summed E-state index contributed by atoms with van der Waals surface area (Å²) in [5.41, 5.74) is 0.0746. The number of hydrogen-bond acceptors (Lipinski definition) is 4. The van der Waals surface area contributed by atoms with Crippen molar-refractivity contribution in [2.45, 2.75) is 37.5 Å². The molecule has 1 aromatic heterocycles. The number of sulfonamides is 1. The number of rotatable bonds is 6. The summed E-state index contributed by atoms with van der Waals surface area (Å²) in [6.45, 7) is 2.48. The van der Waals surface area contributed by atoms with Gasteiger partial charge in [0, 0.05) is 6.54 Å². The van der Waals surface area contributed by atoms with E-state index in [9.17, 15) is 13.2 Å². The van der Waals surface area contributed by atoms with Gasteiger partial charge in [0.2, 0.25) is 10.0 Å². The average molecular weight is 382 g/mol. The molecule has 5 nitrogen and oxygen atoms in total. The highest BCUT2D eigenvalue weighted by molar-refractivity contribution is 9.11. The van der Waals surface area contributed by atoms with E-state index in [2.05, 4.69) is 27.6 Å². The highest BCUT2D eigenvalue weighted by Gasteiger charge is 2.36. The monoisotopic (exact) mass is 381 g/mol. The SMILES string of the molecule is CCC1(CNS(=O)(=O)c2cc(C(=O)O)sc2Br)CCC1. The fourth-order valence-corrected chi connectivity index (χ4v) is 5.86. The molecular weight excluding hydrogens is 366 g/mol. The molecule has 2 rings (SSSR count). The first-order chi connectivity index (χ1) is 9.30. The summed E-state index contributed by atoms with van der Waals surface area (Å²) in [6.07, 6.45) is 4.16. The number of halogens is 1. The maximum Gasteiger partial charge on any atom is 0.345 e. The molecule has 1 aliphatic carbocycles. The van der Waals surface area contributed by atoms with E-state index < -0.39 is 16.0 Å². The number of carbonyl (C=O) groups is 1. The molecule has 0 bridgehead atoms. The Bertz CT molecular complexity index is 614. The van der Waals surface area contributed by atoms with Crippen LogP contribution in [0, 0.1) is 5.41 Å². The van der Waals surface area contributed by atoms with Crippen LogP contribution in [0.1, 0.15) is 42.3 Å². The van der Waals surface area contributed by atoms with E-state index >= 15 is 0 Å². The van der Waals surface area contributed by atoms with Gasteiger partial charge in [-0.25, -0.2) is 17.9 Å². The number of nitrogens with one attached hydrogen (secondary N) is 1. The number of thiophene rings is 1. The minimum absolute atomic E-state index is 0.00507. The molecular formula is C12H16BrNO4S2. The van der Waals surface area contributed by atoms with Gasteiger partial charge in [-0.3, -0.25) is 0 Å². The smallest absolute Gasteiger partial charge is 0.345 e. The van der Waals surface area contributed by atoms with Gasteiger partial charge in [0.25, 0.3) is 0 Å². The molecule has 0 aliphatic heterocycles. The minimum atomic E-state index is -3.67. The Hall–Kier alpha value is -0.440. The number of carboxylic acids is 1. The number of aromatic carboxylic acids is 1. The standard InChI is InChI=1S/C12H16BrNO4S2/c1-2-12(4-3-5-12)7-14-20(17,18)9-6-8(11(15)16)19-10(9)13/h6,14H,2-5,7H2,1H3,(H,15,16). The molecule has 2 N–H and O–H groups in total. The third-order valence-electron chi connectivity index (χ3n) is 3.96. The predicted molar refractivity (Wildman–Crippen MR) is 80.7 cm³/mol. The summed E-state index contributed by atoms with van der Waals surface area (Å²) >= 11 is 4.03. The van der Waals surface area contributed by atoms with Gasteiger partial charge in [0.15, 0.2) is 0 Å². The van der Waals surface area contributed by atoms with Gasteiger partial charge in [-0.05, 0) is 46.7 Å². The van der Waals surface area contributed by atoms with Gasteiger partial charge in [0.05, 0.1) is 3.79 Å². The lowest BCUT2D eigenvalue weighted by Gasteiger charge is -2.41. The van der Waals surface area contributed by atoms with Gasteiger partial charge in [-0.15, -0.1) is 11.3 Å². The Morgan fingerprint density at radius 1 is 1.55 bits per heavy atom. The van der Waals surface area contributed by atoms with Gasteiger partial charge in [-0.1, -0.05) is 13.3 Å². The third kappa shape index (κ3) is 3.08. The van der Waals surface area contributed by atoms with Crippen molar-refractivity contribution in [3.63, 3.8) is 0 Å². The van der Waals surface area contributed by atoms with Gasteiger partial charge in [-0.2, -0.15) is 0 Å². The molecule has 0 saturated heterocycles. The van der Waals surface area contributed by atoms with Crippen LogP contribution in [0.5, 0.6) is 0 Å². The zero-order chi connectivity index (χ0) is 15.0. The van der Waals surface area contributed by atoms with E-state index in [1.54, 1.807) is 0 Å². The van der Waals surface area contributed by atoms with Crippen LogP contribution in [0.15, 0.2) is 14.7 Å². The van der Waals surface area contributed by atoms with E-state index in [0.29, 0.717) is 10.3 Å². The van der Waals surface area contributed by atoms with Crippen molar-refractivity contribution >= 4 is 43.3 Å². The Morgan fingerprint density at radius 2 is 2.20 bits per heavy atom. The lowest BCUT2D eigenvalue weighted by Crippen LogP contribution is -2.41. The molecule has 0 aromatic carbocycles. The number of hydrogen-bond donors (Lipinski definition) is 2. The first-order valence-corrected chi connectivity index (χ1v) is 9.41. The lowest BCUT2D eigenvalue weighted by atomic mass is 9.67. The van der Waals surface area contributed by atoms with Crippen LogP contribution in [0.25, 0.3) is 0 Å². The molecule has 0 radical (unpaired) electrons. The van der Waals surface area contributed by atoms with Crippen LogP contribution in [0.4, 0.5) is 0 Å². The second-order valence-electron chi connectivity index (χ2n) is 5.09. The fourth-order valence-electron chi connectivity index (χ4n) is 2.30. The second kappa shape index (κ2) is 5.75. The van der Waals surface area contributed by atoms with Crippen LogP contribution in [0.2, 0.25) is 0 Å². The Labute approximate surface area is 130 Å². The minimum Gasteiger partial charge on any atom is -0.477 e. The van der Waals surface area contributed by atoms with Gasteiger partial charge >= 0.3 is 5.97 Å². The van der Waals surface area contributed by atoms with Crippen molar-refractivity contribution in [1.82, 2.24) is 4.72 Å². The molecule has 112 valence electrons. The van der Waals surface area contributed by atoms with E-state index in [1.807, 2.05) is 0 Å². The van der Waals surface area contributed by atoms with E-state index in [4.69, 9.17) is 5.11 Å². The highest BCUT2D eigenvalue weighted by atomic mass is 79.9. The summed E-state index contributed by atoms with van der Waals surface area (Å²) in [5.74, 6) is -1.12. The summed E-state index contributed by atoms with van der Waals surface area (Å²) in [7, 11) is -3.67. The fraction of sp³-hybridized carbons (Fsp3) is 0.583. The van der Waals surface area contributed by atoms with E-state index in [1.165, 1.54) is 6.07 Å². The van der Waals surface area contributed by atoms with Crippen LogP contribution >= 0.6 is 27.3 Å².